The van der Waals surface area contributed by atoms with Crippen LogP contribution in [0.25, 0.3) is 0 Å². The summed E-state index contributed by atoms with van der Waals surface area (Å²) in [6.07, 6.45) is 7.21. The van der Waals surface area contributed by atoms with Gasteiger partial charge in [0, 0.05) is 18.3 Å². The molecule has 0 N–H and O–H groups in total. The van der Waals surface area contributed by atoms with Crippen molar-refractivity contribution in [1.29, 1.82) is 0 Å². The van der Waals surface area contributed by atoms with Crippen molar-refractivity contribution < 1.29 is 14.3 Å². The van der Waals surface area contributed by atoms with Crippen LogP contribution < -0.4 is 0 Å². The predicted molar refractivity (Wildman–Crippen MR) is 63.1 cm³/mol. The van der Waals surface area contributed by atoms with Crippen molar-refractivity contribution in [3.05, 3.63) is 25.7 Å². The maximum atomic E-state index is 12.1. The Morgan fingerprint density at radius 3 is 1.76 bits per heavy atom. The second-order valence-corrected chi connectivity index (χ2v) is 5.72. The summed E-state index contributed by atoms with van der Waals surface area (Å²) < 4.78 is 11.5. The van der Waals surface area contributed by atoms with Crippen molar-refractivity contribution in [2.24, 2.45) is 11.8 Å². The molecule has 4 fully saturated rings. The Morgan fingerprint density at radius 1 is 1.00 bits per heavy atom. The first-order valence-electron chi connectivity index (χ1n) is 6.23. The lowest BCUT2D eigenvalue weighted by Crippen LogP contribution is -2.63. The molecule has 3 heteroatoms. The molecule has 0 aliphatic heterocycles. The van der Waals surface area contributed by atoms with Gasteiger partial charge in [0.25, 0.3) is 0 Å². The van der Waals surface area contributed by atoms with Crippen molar-refractivity contribution in [2.75, 3.05) is 0 Å². The first-order chi connectivity index (χ1) is 8.12. The average Bonchev–Trinajstić information content (AvgIpc) is 2.24. The van der Waals surface area contributed by atoms with Gasteiger partial charge in [-0.2, -0.15) is 0 Å². The molecule has 0 spiro atoms. The van der Waals surface area contributed by atoms with Crippen molar-refractivity contribution in [1.82, 2.24) is 0 Å². The smallest absolute Gasteiger partial charge is 0.139 e. The van der Waals surface area contributed by atoms with E-state index in [2.05, 4.69) is 13.2 Å². The van der Waals surface area contributed by atoms with E-state index in [0.29, 0.717) is 5.78 Å². The van der Waals surface area contributed by atoms with Gasteiger partial charge in [-0.25, -0.2) is 0 Å². The Balaban J connectivity index is 1.95. The SMILES string of the molecule is C=COC12CC3CC(OC=C)(CC(C1)C3=O)C2. The number of ketones is 1. The van der Waals surface area contributed by atoms with Crippen molar-refractivity contribution >= 4 is 5.78 Å². The molecule has 0 atom stereocenters. The maximum absolute atomic E-state index is 12.1. The van der Waals surface area contributed by atoms with Gasteiger partial charge in [-0.15, -0.1) is 0 Å². The second-order valence-electron chi connectivity index (χ2n) is 5.72. The van der Waals surface area contributed by atoms with E-state index in [9.17, 15) is 4.79 Å². The van der Waals surface area contributed by atoms with Crippen molar-refractivity contribution in [3.63, 3.8) is 0 Å². The number of carbonyl (C=O) groups excluding carboxylic acids is 1. The van der Waals surface area contributed by atoms with Crippen LogP contribution in [0.1, 0.15) is 32.1 Å². The molecule has 0 saturated heterocycles. The number of carbonyl (C=O) groups is 1. The molecule has 0 aromatic heterocycles. The molecule has 92 valence electrons. The Kier molecular flexibility index (Phi) is 2.16. The highest BCUT2D eigenvalue weighted by molar-refractivity contribution is 5.86. The highest BCUT2D eigenvalue weighted by Crippen LogP contribution is 2.58. The van der Waals surface area contributed by atoms with E-state index in [0.717, 1.165) is 32.1 Å². The molecule has 4 aliphatic rings. The molecule has 3 nitrogen and oxygen atoms in total. The molecule has 0 heterocycles. The molecule has 4 saturated carbocycles. The molecule has 4 bridgehead atoms. The summed E-state index contributed by atoms with van der Waals surface area (Å²) in [7, 11) is 0. The second kappa shape index (κ2) is 3.37. The lowest BCUT2D eigenvalue weighted by atomic mass is 9.51. The minimum Gasteiger partial charge on any atom is -0.495 e. The van der Waals surface area contributed by atoms with Crippen LogP contribution in [0.5, 0.6) is 0 Å². The Morgan fingerprint density at radius 2 is 1.41 bits per heavy atom. The fraction of sp³-hybridized carbons (Fsp3) is 0.643. The summed E-state index contributed by atoms with van der Waals surface area (Å²) in [5, 5.41) is 0. The van der Waals surface area contributed by atoms with Gasteiger partial charge >= 0.3 is 0 Å². The van der Waals surface area contributed by atoms with Gasteiger partial charge in [0.1, 0.15) is 17.0 Å². The third kappa shape index (κ3) is 1.44. The zero-order valence-corrected chi connectivity index (χ0v) is 9.98. The predicted octanol–water partition coefficient (Wildman–Crippen LogP) is 2.58. The molecule has 0 aromatic carbocycles. The molecule has 17 heavy (non-hydrogen) atoms. The van der Waals surface area contributed by atoms with Crippen LogP contribution >= 0.6 is 0 Å². The number of ether oxygens (including phenoxy) is 2. The van der Waals surface area contributed by atoms with Crippen LogP contribution in [0.3, 0.4) is 0 Å². The number of hydrogen-bond acceptors (Lipinski definition) is 3. The average molecular weight is 234 g/mol. The minimum atomic E-state index is -0.218. The van der Waals surface area contributed by atoms with Gasteiger partial charge in [-0.05, 0) is 25.7 Å². The standard InChI is InChI=1S/C14H18O3/c1-3-16-13-5-10-7-14(9-13,17-4-2)8-11(6-13)12(10)15/h3-4,10-11H,1-2,5-9H2. The quantitative estimate of drug-likeness (QED) is 0.701. The zero-order valence-electron chi connectivity index (χ0n) is 9.98. The van der Waals surface area contributed by atoms with Gasteiger partial charge in [-0.3, -0.25) is 4.79 Å². The van der Waals surface area contributed by atoms with Gasteiger partial charge < -0.3 is 9.47 Å². The largest absolute Gasteiger partial charge is 0.495 e. The van der Waals surface area contributed by atoms with Gasteiger partial charge in [0.2, 0.25) is 0 Å². The molecule has 0 radical (unpaired) electrons. The molecule has 4 rings (SSSR count). The molecular weight excluding hydrogens is 216 g/mol. The molecular formula is C14H18O3. The van der Waals surface area contributed by atoms with Crippen molar-refractivity contribution in [3.8, 4) is 0 Å². The summed E-state index contributed by atoms with van der Waals surface area (Å²) >= 11 is 0. The maximum Gasteiger partial charge on any atom is 0.139 e. The van der Waals surface area contributed by atoms with E-state index < -0.39 is 0 Å². The van der Waals surface area contributed by atoms with E-state index >= 15 is 0 Å². The normalized spacial score (nSPS) is 46.7. The number of rotatable bonds is 4. The van der Waals surface area contributed by atoms with E-state index in [1.807, 2.05) is 0 Å². The lowest BCUT2D eigenvalue weighted by Gasteiger charge is -2.59. The van der Waals surface area contributed by atoms with Crippen LogP contribution in [0.15, 0.2) is 25.7 Å². The fourth-order valence-corrected chi connectivity index (χ4v) is 4.35. The van der Waals surface area contributed by atoms with E-state index in [1.165, 1.54) is 12.5 Å². The molecule has 0 aromatic rings. The van der Waals surface area contributed by atoms with E-state index in [1.54, 1.807) is 0 Å². The summed E-state index contributed by atoms with van der Waals surface area (Å²) in [5.41, 5.74) is -0.436. The van der Waals surface area contributed by atoms with Gasteiger partial charge in [0.15, 0.2) is 0 Å². The monoisotopic (exact) mass is 234 g/mol. The fourth-order valence-electron chi connectivity index (χ4n) is 4.35. The minimum absolute atomic E-state index is 0.108. The highest BCUT2D eigenvalue weighted by Gasteiger charge is 2.63. The Labute approximate surface area is 101 Å². The van der Waals surface area contributed by atoms with Gasteiger partial charge in [0.05, 0.1) is 12.5 Å². The Bertz CT molecular complexity index is 339. The van der Waals surface area contributed by atoms with Gasteiger partial charge in [-0.1, -0.05) is 13.2 Å². The van der Waals surface area contributed by atoms with Crippen LogP contribution in [0.4, 0.5) is 0 Å². The number of Topliss-reactive ketones (excluding diaryl/α,β-unsaturated/α-hetero) is 1. The Hall–Kier alpha value is -1.25. The molecule has 0 amide bonds. The third-order valence-electron chi connectivity index (χ3n) is 4.59. The van der Waals surface area contributed by atoms with Crippen LogP contribution in [-0.4, -0.2) is 17.0 Å². The summed E-state index contributed by atoms with van der Waals surface area (Å²) in [5.74, 6) is 0.628. The topological polar surface area (TPSA) is 35.5 Å². The van der Waals surface area contributed by atoms with Crippen molar-refractivity contribution in [2.45, 2.75) is 43.3 Å². The van der Waals surface area contributed by atoms with E-state index in [4.69, 9.17) is 9.47 Å². The van der Waals surface area contributed by atoms with Crippen LogP contribution in [0.2, 0.25) is 0 Å². The van der Waals surface area contributed by atoms with Crippen LogP contribution in [0, 0.1) is 11.8 Å². The first kappa shape index (κ1) is 10.9. The summed E-state index contributed by atoms with van der Waals surface area (Å²) in [6, 6.07) is 0. The van der Waals surface area contributed by atoms with Crippen LogP contribution in [-0.2, 0) is 14.3 Å². The number of hydrogen-bond donors (Lipinski definition) is 0. The third-order valence-corrected chi connectivity index (χ3v) is 4.59. The summed E-state index contributed by atoms with van der Waals surface area (Å²) in [4.78, 5) is 12.1. The van der Waals surface area contributed by atoms with E-state index in [-0.39, 0.29) is 23.0 Å². The first-order valence-corrected chi connectivity index (χ1v) is 6.23. The summed E-state index contributed by atoms with van der Waals surface area (Å²) in [6.45, 7) is 7.31. The molecule has 0 unspecified atom stereocenters. The highest BCUT2D eigenvalue weighted by atomic mass is 16.5. The molecule has 4 aliphatic carbocycles. The zero-order chi connectivity index (χ0) is 12.1. The lowest BCUT2D eigenvalue weighted by molar-refractivity contribution is -0.203.